The number of fused-ring (bicyclic) bond motifs is 4. The zero-order valence-electron chi connectivity index (χ0n) is 26.3. The summed E-state index contributed by atoms with van der Waals surface area (Å²) >= 11 is 0. The van der Waals surface area contributed by atoms with Crippen LogP contribution in [0.4, 0.5) is 0 Å². The minimum absolute atomic E-state index is 0.00990. The van der Waals surface area contributed by atoms with Crippen molar-refractivity contribution in [2.45, 2.75) is 63.0 Å². The highest BCUT2D eigenvalue weighted by Crippen LogP contribution is 2.26. The first-order chi connectivity index (χ1) is 23.2. The van der Waals surface area contributed by atoms with Gasteiger partial charge in [0.2, 0.25) is 17.7 Å². The average Bonchev–Trinajstić information content (AvgIpc) is 3.67. The molecular formula is C36H38N6O6. The molecule has 12 heteroatoms. The summed E-state index contributed by atoms with van der Waals surface area (Å²) in [5.74, 6) is -3.19. The quantitative estimate of drug-likeness (QED) is 0.101. The Balaban J connectivity index is 1.17. The van der Waals surface area contributed by atoms with Crippen molar-refractivity contribution in [3.8, 4) is 0 Å². The first-order valence-electron chi connectivity index (χ1n) is 15.9. The summed E-state index contributed by atoms with van der Waals surface area (Å²) < 4.78 is 0. The fraction of sp³-hybridized carbons (Fsp3) is 0.278. The van der Waals surface area contributed by atoms with Crippen LogP contribution in [0.2, 0.25) is 0 Å². The van der Waals surface area contributed by atoms with E-state index >= 15 is 0 Å². The number of aromatic amines is 2. The number of nitrogens with one attached hydrogen (secondary N) is 6. The number of benzene rings is 3. The van der Waals surface area contributed by atoms with Gasteiger partial charge in [0, 0.05) is 53.1 Å². The SMILES string of the molecule is C[C@@H](O)[C@H](NC(=O)[C@@H]1Cc2c([nH]c3ccccc23)CN1)C(=O)N[C@@H](Cc1ccccc1)C(=O)N[C@@H](Cc1c[nH]c2ccccc12)C(=O)O. The van der Waals surface area contributed by atoms with E-state index in [1.807, 2.05) is 54.6 Å². The van der Waals surface area contributed by atoms with E-state index in [0.29, 0.717) is 13.0 Å². The van der Waals surface area contributed by atoms with Crippen LogP contribution in [-0.4, -0.2) is 74.1 Å². The monoisotopic (exact) mass is 650 g/mol. The molecular weight excluding hydrogens is 612 g/mol. The van der Waals surface area contributed by atoms with Crippen LogP contribution < -0.4 is 21.3 Å². The van der Waals surface area contributed by atoms with Crippen LogP contribution in [0, 0.1) is 0 Å². The normalized spacial score (nSPS) is 16.8. The Hall–Kier alpha value is -5.46. The van der Waals surface area contributed by atoms with Crippen molar-refractivity contribution in [1.29, 1.82) is 0 Å². The molecule has 3 heterocycles. The smallest absolute Gasteiger partial charge is 0.326 e. The van der Waals surface area contributed by atoms with Crippen molar-refractivity contribution < 1.29 is 29.4 Å². The van der Waals surface area contributed by atoms with Crippen molar-refractivity contribution in [2.75, 3.05) is 0 Å². The van der Waals surface area contributed by atoms with Gasteiger partial charge in [-0.25, -0.2) is 4.79 Å². The standard InChI is InChI=1S/C36H38N6O6/c1-20(43)32(42-33(44)28-17-25-24-12-6-8-14-27(24)39-31(25)19-38-28)35(46)40-29(15-21-9-3-2-4-10-21)34(45)41-30(36(47)48)16-22-18-37-26-13-7-5-11-23(22)26/h2-14,18,20,28-30,32,37-39,43H,15-17,19H2,1H3,(H,40,46)(H,41,45)(H,42,44)(H,47,48)/t20-,28+,29+,30+,32+/m1/s1. The summed E-state index contributed by atoms with van der Waals surface area (Å²) in [5, 5.41) is 33.6. The lowest BCUT2D eigenvalue weighted by Gasteiger charge is -2.28. The van der Waals surface area contributed by atoms with Crippen molar-refractivity contribution in [3.63, 3.8) is 0 Å². The van der Waals surface area contributed by atoms with Gasteiger partial charge in [0.1, 0.15) is 18.1 Å². The molecule has 1 aliphatic heterocycles. The highest BCUT2D eigenvalue weighted by atomic mass is 16.4. The Labute approximate surface area is 276 Å². The zero-order chi connectivity index (χ0) is 33.8. The molecule has 0 spiro atoms. The number of para-hydroxylation sites is 2. The highest BCUT2D eigenvalue weighted by Gasteiger charge is 2.34. The number of carboxylic acids is 1. The van der Waals surface area contributed by atoms with E-state index in [0.717, 1.165) is 44.2 Å². The molecule has 5 aromatic rings. The predicted molar refractivity (Wildman–Crippen MR) is 180 cm³/mol. The second kappa shape index (κ2) is 14.1. The lowest BCUT2D eigenvalue weighted by molar-refractivity contribution is -0.142. The molecule has 0 aliphatic carbocycles. The first kappa shape index (κ1) is 32.5. The Bertz CT molecular complexity index is 1950. The van der Waals surface area contributed by atoms with Crippen LogP contribution >= 0.6 is 0 Å². The molecule has 0 bridgehead atoms. The van der Waals surface area contributed by atoms with E-state index < -0.39 is 54.0 Å². The molecule has 48 heavy (non-hydrogen) atoms. The molecule has 5 atom stereocenters. The highest BCUT2D eigenvalue weighted by molar-refractivity contribution is 5.95. The van der Waals surface area contributed by atoms with Crippen LogP contribution in [0.1, 0.15) is 29.3 Å². The maximum absolute atomic E-state index is 13.7. The van der Waals surface area contributed by atoms with E-state index in [4.69, 9.17) is 0 Å². The number of H-pyrrole nitrogens is 2. The minimum Gasteiger partial charge on any atom is -0.480 e. The molecule has 248 valence electrons. The molecule has 0 fully saturated rings. The number of rotatable bonds is 12. The largest absolute Gasteiger partial charge is 0.480 e. The van der Waals surface area contributed by atoms with Gasteiger partial charge in [0.25, 0.3) is 0 Å². The Kier molecular flexibility index (Phi) is 9.55. The lowest BCUT2D eigenvalue weighted by Crippen LogP contribution is -2.61. The molecule has 0 saturated heterocycles. The van der Waals surface area contributed by atoms with Crippen LogP contribution in [0.15, 0.2) is 85.1 Å². The molecule has 12 nitrogen and oxygen atoms in total. The summed E-state index contributed by atoms with van der Waals surface area (Å²) in [6.45, 7) is 1.81. The maximum Gasteiger partial charge on any atom is 0.326 e. The van der Waals surface area contributed by atoms with Crippen molar-refractivity contribution >= 4 is 45.5 Å². The van der Waals surface area contributed by atoms with Gasteiger partial charge in [-0.05, 0) is 42.2 Å². The van der Waals surface area contributed by atoms with Gasteiger partial charge < -0.3 is 36.1 Å². The Morgan fingerprint density at radius 1 is 0.812 bits per heavy atom. The number of aliphatic hydroxyl groups excluding tert-OH is 1. The molecule has 1 aliphatic rings. The van der Waals surface area contributed by atoms with E-state index in [1.54, 1.807) is 30.5 Å². The van der Waals surface area contributed by atoms with Crippen LogP contribution in [0.3, 0.4) is 0 Å². The van der Waals surface area contributed by atoms with Crippen LogP contribution in [-0.2, 0) is 45.0 Å². The third kappa shape index (κ3) is 7.09. The van der Waals surface area contributed by atoms with Crippen molar-refractivity contribution in [3.05, 3.63) is 107 Å². The predicted octanol–water partition coefficient (Wildman–Crippen LogP) is 2.07. The third-order valence-electron chi connectivity index (χ3n) is 8.84. The molecule has 8 N–H and O–H groups in total. The Morgan fingerprint density at radius 3 is 2.21 bits per heavy atom. The van der Waals surface area contributed by atoms with Gasteiger partial charge in [-0.3, -0.25) is 19.7 Å². The topological polar surface area (TPSA) is 188 Å². The number of carbonyl (C=O) groups excluding carboxylic acids is 3. The van der Waals surface area contributed by atoms with Crippen LogP contribution in [0.5, 0.6) is 0 Å². The third-order valence-corrected chi connectivity index (χ3v) is 8.84. The van der Waals surface area contributed by atoms with E-state index in [2.05, 4.69) is 31.2 Å². The summed E-state index contributed by atoms with van der Waals surface area (Å²) in [6, 6.07) is 19.7. The fourth-order valence-electron chi connectivity index (χ4n) is 6.30. The lowest BCUT2D eigenvalue weighted by atomic mass is 9.97. The Morgan fingerprint density at radius 2 is 1.48 bits per heavy atom. The van der Waals surface area contributed by atoms with Crippen molar-refractivity contribution in [2.24, 2.45) is 0 Å². The van der Waals surface area contributed by atoms with Crippen molar-refractivity contribution in [1.82, 2.24) is 31.2 Å². The molecule has 2 aromatic heterocycles. The number of hydrogen-bond donors (Lipinski definition) is 8. The molecule has 3 amide bonds. The summed E-state index contributed by atoms with van der Waals surface area (Å²) in [7, 11) is 0. The molecule has 0 unspecified atom stereocenters. The summed E-state index contributed by atoms with van der Waals surface area (Å²) in [6.07, 6.45) is 0.856. The van der Waals surface area contributed by atoms with E-state index in [1.165, 1.54) is 6.92 Å². The second-order valence-corrected chi connectivity index (χ2v) is 12.2. The number of hydrogen-bond acceptors (Lipinski definition) is 6. The second-order valence-electron chi connectivity index (χ2n) is 12.2. The first-order valence-corrected chi connectivity index (χ1v) is 15.9. The van der Waals surface area contributed by atoms with Gasteiger partial charge in [-0.15, -0.1) is 0 Å². The molecule has 0 saturated carbocycles. The number of aliphatic carboxylic acids is 1. The minimum atomic E-state index is -1.38. The molecule has 0 radical (unpaired) electrons. The van der Waals surface area contributed by atoms with Gasteiger partial charge >= 0.3 is 5.97 Å². The average molecular weight is 651 g/mol. The summed E-state index contributed by atoms with van der Waals surface area (Å²) in [5.41, 5.74) is 5.26. The number of aliphatic hydroxyl groups is 1. The molecule has 3 aromatic carbocycles. The van der Waals surface area contributed by atoms with E-state index in [9.17, 15) is 29.4 Å². The summed E-state index contributed by atoms with van der Waals surface area (Å²) in [4.78, 5) is 59.6. The number of carboxylic acid groups (broad SMARTS) is 1. The fourth-order valence-corrected chi connectivity index (χ4v) is 6.30. The van der Waals surface area contributed by atoms with E-state index in [-0.39, 0.29) is 12.8 Å². The number of carbonyl (C=O) groups is 4. The number of amides is 3. The van der Waals surface area contributed by atoms with Gasteiger partial charge in [-0.1, -0.05) is 66.7 Å². The molecule has 6 rings (SSSR count). The number of aromatic nitrogens is 2. The zero-order valence-corrected chi connectivity index (χ0v) is 26.3. The van der Waals surface area contributed by atoms with Crippen LogP contribution in [0.25, 0.3) is 21.8 Å². The maximum atomic E-state index is 13.7. The van der Waals surface area contributed by atoms with Gasteiger partial charge in [0.05, 0.1) is 12.1 Å². The van der Waals surface area contributed by atoms with Gasteiger partial charge in [-0.2, -0.15) is 0 Å². The van der Waals surface area contributed by atoms with Gasteiger partial charge in [0.15, 0.2) is 0 Å².